The number of nitro groups is 1. The smallest absolute Gasteiger partial charge is 0.409 e. The molecule has 0 unspecified atom stereocenters. The van der Waals surface area contributed by atoms with Gasteiger partial charge in [0.25, 0.3) is 5.69 Å². The number of amides is 1. The number of nitrogens with one attached hydrogen (secondary N) is 2. The van der Waals surface area contributed by atoms with Crippen molar-refractivity contribution in [3.05, 3.63) is 28.3 Å². The quantitative estimate of drug-likeness (QED) is 0.346. The van der Waals surface area contributed by atoms with E-state index in [9.17, 15) is 14.9 Å². The third-order valence-corrected chi connectivity index (χ3v) is 2.10. The average molecular weight is 255 g/mol. The van der Waals surface area contributed by atoms with Gasteiger partial charge in [-0.3, -0.25) is 15.4 Å². The maximum Gasteiger partial charge on any atom is 0.409 e. The highest BCUT2D eigenvalue weighted by Crippen LogP contribution is 2.27. The monoisotopic (exact) mass is 255 g/mol. The zero-order valence-corrected chi connectivity index (χ0v) is 9.42. The summed E-state index contributed by atoms with van der Waals surface area (Å²) in [4.78, 5) is 20.7. The number of nitro benzene ring substituents is 1. The van der Waals surface area contributed by atoms with E-state index in [2.05, 4.69) is 5.32 Å². The molecule has 1 aromatic carbocycles. The minimum atomic E-state index is -1.29. The summed E-state index contributed by atoms with van der Waals surface area (Å²) in [6.45, 7) is 0.377. The van der Waals surface area contributed by atoms with Gasteiger partial charge in [0.05, 0.1) is 10.6 Å². The Hall–Kier alpha value is -2.35. The molecule has 8 heteroatoms. The second-order valence-electron chi connectivity index (χ2n) is 3.42. The van der Waals surface area contributed by atoms with E-state index in [1.807, 2.05) is 5.32 Å². The minimum absolute atomic E-state index is 0.0144. The number of aliphatic hydroxyl groups is 1. The van der Waals surface area contributed by atoms with Crippen molar-refractivity contribution in [2.75, 3.05) is 23.8 Å². The molecule has 8 nitrogen and oxygen atoms in total. The number of hydrogen-bond donors (Lipinski definition) is 4. The lowest BCUT2D eigenvalue weighted by molar-refractivity contribution is -0.383. The van der Waals surface area contributed by atoms with E-state index in [1.54, 1.807) is 0 Å². The first-order valence-electron chi connectivity index (χ1n) is 5.17. The summed E-state index contributed by atoms with van der Waals surface area (Å²) in [5.41, 5.74) is 0.186. The molecular weight excluding hydrogens is 242 g/mol. The first-order valence-corrected chi connectivity index (χ1v) is 5.17. The zero-order valence-electron chi connectivity index (χ0n) is 9.42. The molecule has 0 aliphatic carbocycles. The van der Waals surface area contributed by atoms with Gasteiger partial charge >= 0.3 is 6.09 Å². The van der Waals surface area contributed by atoms with Gasteiger partial charge in [0.15, 0.2) is 0 Å². The third-order valence-electron chi connectivity index (χ3n) is 2.10. The van der Waals surface area contributed by atoms with E-state index in [0.29, 0.717) is 13.0 Å². The lowest BCUT2D eigenvalue weighted by atomic mass is 10.2. The summed E-state index contributed by atoms with van der Waals surface area (Å²) in [5, 5.41) is 32.8. The fraction of sp³-hybridized carbons (Fsp3) is 0.300. The van der Waals surface area contributed by atoms with Gasteiger partial charge in [0.1, 0.15) is 5.69 Å². The van der Waals surface area contributed by atoms with Crippen molar-refractivity contribution < 1.29 is 19.9 Å². The number of carboxylic acid groups (broad SMARTS) is 1. The third kappa shape index (κ3) is 3.91. The predicted molar refractivity (Wildman–Crippen MR) is 64.9 cm³/mol. The van der Waals surface area contributed by atoms with Crippen LogP contribution >= 0.6 is 0 Å². The maximum absolute atomic E-state index is 10.8. The van der Waals surface area contributed by atoms with Gasteiger partial charge in [-0.15, -0.1) is 0 Å². The van der Waals surface area contributed by atoms with Crippen LogP contribution in [0.25, 0.3) is 0 Å². The number of anilines is 2. The van der Waals surface area contributed by atoms with Crippen LogP contribution in [-0.4, -0.2) is 34.4 Å². The molecule has 0 saturated carbocycles. The van der Waals surface area contributed by atoms with Gasteiger partial charge < -0.3 is 15.5 Å². The van der Waals surface area contributed by atoms with Crippen molar-refractivity contribution in [2.45, 2.75) is 6.42 Å². The largest absolute Gasteiger partial charge is 0.465 e. The van der Waals surface area contributed by atoms with Crippen LogP contribution in [0.2, 0.25) is 0 Å². The SMILES string of the molecule is O=C(O)Nc1ccc(NCCCO)c([N+](=O)[O-])c1. The van der Waals surface area contributed by atoms with Gasteiger partial charge in [-0.05, 0) is 18.6 Å². The molecule has 0 fully saturated rings. The molecule has 1 rings (SSSR count). The number of carbonyl (C=O) groups is 1. The van der Waals surface area contributed by atoms with E-state index >= 15 is 0 Å². The van der Waals surface area contributed by atoms with Crippen LogP contribution in [0.3, 0.4) is 0 Å². The number of hydrogen-bond acceptors (Lipinski definition) is 5. The molecule has 0 aromatic heterocycles. The Balaban J connectivity index is 2.90. The standard InChI is InChI=1S/C10H13N3O5/c14-5-1-4-11-8-3-2-7(12-10(15)16)6-9(8)13(17)18/h2-3,6,11-12,14H,1,4-5H2,(H,15,16). The Morgan fingerprint density at radius 1 is 1.44 bits per heavy atom. The first kappa shape index (κ1) is 13.7. The normalized spacial score (nSPS) is 9.83. The summed E-state index contributed by atoms with van der Waals surface area (Å²) < 4.78 is 0. The van der Waals surface area contributed by atoms with Gasteiger partial charge in [-0.25, -0.2) is 4.79 Å². The van der Waals surface area contributed by atoms with Gasteiger partial charge in [0.2, 0.25) is 0 Å². The highest BCUT2D eigenvalue weighted by Gasteiger charge is 2.14. The van der Waals surface area contributed by atoms with Crippen LogP contribution < -0.4 is 10.6 Å². The molecule has 4 N–H and O–H groups in total. The molecule has 0 aliphatic rings. The molecule has 98 valence electrons. The molecule has 0 atom stereocenters. The van der Waals surface area contributed by atoms with Crippen molar-refractivity contribution in [2.24, 2.45) is 0 Å². The average Bonchev–Trinajstić information content (AvgIpc) is 2.30. The van der Waals surface area contributed by atoms with Crippen molar-refractivity contribution in [1.82, 2.24) is 0 Å². The predicted octanol–water partition coefficient (Wildman–Crippen LogP) is 1.48. The Morgan fingerprint density at radius 2 is 2.17 bits per heavy atom. The van der Waals surface area contributed by atoms with Crippen molar-refractivity contribution in [1.29, 1.82) is 0 Å². The number of rotatable bonds is 6. The fourth-order valence-corrected chi connectivity index (χ4v) is 1.34. The summed E-state index contributed by atoms with van der Waals surface area (Å²) >= 11 is 0. The minimum Gasteiger partial charge on any atom is -0.465 e. The van der Waals surface area contributed by atoms with Crippen LogP contribution in [0.1, 0.15) is 6.42 Å². The second kappa shape index (κ2) is 6.40. The van der Waals surface area contributed by atoms with E-state index in [4.69, 9.17) is 10.2 Å². The van der Waals surface area contributed by atoms with Gasteiger partial charge in [-0.1, -0.05) is 0 Å². The molecule has 18 heavy (non-hydrogen) atoms. The highest BCUT2D eigenvalue weighted by atomic mass is 16.6. The fourth-order valence-electron chi connectivity index (χ4n) is 1.34. The lowest BCUT2D eigenvalue weighted by Gasteiger charge is -2.07. The molecule has 0 radical (unpaired) electrons. The second-order valence-corrected chi connectivity index (χ2v) is 3.42. The molecule has 0 spiro atoms. The van der Waals surface area contributed by atoms with Crippen LogP contribution in [0.15, 0.2) is 18.2 Å². The van der Waals surface area contributed by atoms with Crippen molar-refractivity contribution in [3.63, 3.8) is 0 Å². The van der Waals surface area contributed by atoms with Crippen molar-refractivity contribution >= 4 is 23.2 Å². The van der Waals surface area contributed by atoms with Crippen LogP contribution in [0.5, 0.6) is 0 Å². The first-order chi connectivity index (χ1) is 8.54. The van der Waals surface area contributed by atoms with E-state index in [-0.39, 0.29) is 23.7 Å². The molecule has 1 aromatic rings. The van der Waals surface area contributed by atoms with Gasteiger partial charge in [-0.2, -0.15) is 0 Å². The summed E-state index contributed by atoms with van der Waals surface area (Å²) in [5.74, 6) is 0. The van der Waals surface area contributed by atoms with Crippen LogP contribution in [0, 0.1) is 10.1 Å². The summed E-state index contributed by atoms with van der Waals surface area (Å²) in [6.07, 6.45) is -0.822. The molecule has 0 bridgehead atoms. The maximum atomic E-state index is 10.8. The summed E-state index contributed by atoms with van der Waals surface area (Å²) in [6, 6.07) is 3.97. The Kier molecular flexibility index (Phi) is 4.88. The van der Waals surface area contributed by atoms with E-state index < -0.39 is 11.0 Å². The molecule has 0 saturated heterocycles. The van der Waals surface area contributed by atoms with Crippen LogP contribution in [0.4, 0.5) is 21.9 Å². The lowest BCUT2D eigenvalue weighted by Crippen LogP contribution is -2.09. The van der Waals surface area contributed by atoms with E-state index in [1.165, 1.54) is 12.1 Å². The number of aliphatic hydroxyl groups excluding tert-OH is 1. The Morgan fingerprint density at radius 3 is 2.72 bits per heavy atom. The number of benzene rings is 1. The topological polar surface area (TPSA) is 125 Å². The van der Waals surface area contributed by atoms with Crippen LogP contribution in [-0.2, 0) is 0 Å². The van der Waals surface area contributed by atoms with Gasteiger partial charge in [0, 0.05) is 19.2 Å². The number of nitrogens with zero attached hydrogens (tertiary/aromatic N) is 1. The molecular formula is C10H13N3O5. The molecule has 1 amide bonds. The summed E-state index contributed by atoms with van der Waals surface area (Å²) in [7, 11) is 0. The molecule has 0 aliphatic heterocycles. The zero-order chi connectivity index (χ0) is 13.5. The van der Waals surface area contributed by atoms with E-state index in [0.717, 1.165) is 6.07 Å². The Labute approximate surface area is 102 Å². The highest BCUT2D eigenvalue weighted by molar-refractivity contribution is 5.84. The van der Waals surface area contributed by atoms with Crippen molar-refractivity contribution in [3.8, 4) is 0 Å². The Bertz CT molecular complexity index is 449. The molecule has 0 heterocycles.